The number of carbonyl (C=O) groups is 2. The predicted molar refractivity (Wildman–Crippen MR) is 141 cm³/mol. The van der Waals surface area contributed by atoms with Gasteiger partial charge in [0.2, 0.25) is 0 Å². The Bertz CT molecular complexity index is 1070. The highest BCUT2D eigenvalue weighted by atomic mass is 32.4. The van der Waals surface area contributed by atoms with Crippen LogP contribution in [0.4, 0.5) is 5.82 Å². The molecular weight excluding hydrogens is 541 g/mol. The highest BCUT2D eigenvalue weighted by Crippen LogP contribution is 2.43. The normalized spacial score (nSPS) is 26.7. The molecule has 1 aromatic heterocycles. The molecule has 6 atom stereocenters. The lowest BCUT2D eigenvalue weighted by molar-refractivity contribution is -0.149. The molecule has 0 amide bonds. The number of esters is 2. The molecule has 1 aliphatic rings. The number of ether oxygens (including phenoxy) is 3. The van der Waals surface area contributed by atoms with Crippen LogP contribution in [0, 0.1) is 0 Å². The van der Waals surface area contributed by atoms with Crippen LogP contribution in [0.2, 0.25) is 0 Å². The lowest BCUT2D eigenvalue weighted by atomic mass is 9.96. The number of nitrogens with zero attached hydrogens (tertiary/aromatic N) is 2. The Morgan fingerprint density at radius 2 is 1.68 bits per heavy atom. The quantitative estimate of drug-likeness (QED) is 0.163. The van der Waals surface area contributed by atoms with Gasteiger partial charge in [-0.25, -0.2) is 15.0 Å². The fourth-order valence-electron chi connectivity index (χ4n) is 3.56. The number of nitrogens with one attached hydrogen (secondary N) is 2. The van der Waals surface area contributed by atoms with E-state index in [4.69, 9.17) is 36.3 Å². The van der Waals surface area contributed by atoms with Gasteiger partial charge in [0.1, 0.15) is 35.7 Å². The number of anilines is 1. The van der Waals surface area contributed by atoms with E-state index >= 15 is 0 Å². The molecule has 6 unspecified atom stereocenters. The number of hydrogen-bond acceptors (Lipinski definition) is 12. The first-order valence-electron chi connectivity index (χ1n) is 12.1. The number of hydrogen-bond donors (Lipinski definition) is 5. The van der Waals surface area contributed by atoms with E-state index in [2.05, 4.69) is 15.2 Å². The molecule has 0 bridgehead atoms. The fourth-order valence-corrected chi connectivity index (χ4v) is 6.50. The highest BCUT2D eigenvalue weighted by molar-refractivity contribution is 8.10. The largest absolute Gasteiger partial charge is 0.462 e. The summed E-state index contributed by atoms with van der Waals surface area (Å²) in [5.74, 6) is -1.20. The number of rotatable bonds is 12. The molecule has 0 aromatic carbocycles. The van der Waals surface area contributed by atoms with E-state index < -0.39 is 60.3 Å². The van der Waals surface area contributed by atoms with Crippen molar-refractivity contribution in [1.82, 2.24) is 19.7 Å². The van der Waals surface area contributed by atoms with Crippen molar-refractivity contribution in [3.8, 4) is 0 Å². The van der Waals surface area contributed by atoms with Gasteiger partial charge in [0.05, 0.1) is 18.8 Å². The summed E-state index contributed by atoms with van der Waals surface area (Å²) in [6, 6.07) is -0.498. The van der Waals surface area contributed by atoms with Gasteiger partial charge >= 0.3 is 17.6 Å². The Hall–Kier alpha value is -1.97. The van der Waals surface area contributed by atoms with Crippen molar-refractivity contribution < 1.29 is 38.5 Å². The Kier molecular flexibility index (Phi) is 11.0. The van der Waals surface area contributed by atoms with Crippen LogP contribution in [0.15, 0.2) is 17.1 Å². The van der Waals surface area contributed by atoms with Crippen LogP contribution in [0.1, 0.15) is 54.7 Å². The minimum atomic E-state index is -3.39. The number of carbonyl (C=O) groups excluding carboxylic acids is 2. The van der Waals surface area contributed by atoms with Gasteiger partial charge in [-0.15, -0.1) is 0 Å². The van der Waals surface area contributed by atoms with Crippen LogP contribution in [-0.2, 0) is 40.1 Å². The van der Waals surface area contributed by atoms with Gasteiger partial charge in [-0.2, -0.15) is 4.98 Å². The minimum absolute atomic E-state index is 0.0163. The molecule has 1 fully saturated rings. The maximum atomic E-state index is 12.4. The van der Waals surface area contributed by atoms with Gasteiger partial charge in [0, 0.05) is 6.20 Å². The molecule has 1 aromatic rings. The van der Waals surface area contributed by atoms with Crippen LogP contribution in [0.3, 0.4) is 0 Å². The summed E-state index contributed by atoms with van der Waals surface area (Å²) in [7, 11) is 0. The Morgan fingerprint density at radius 3 is 2.13 bits per heavy atom. The van der Waals surface area contributed by atoms with E-state index in [9.17, 15) is 24.6 Å². The summed E-state index contributed by atoms with van der Waals surface area (Å²) in [5.41, 5.74) is 2.83. The third kappa shape index (κ3) is 8.26. The zero-order chi connectivity index (χ0) is 29.0. The number of nitrogens with two attached hydrogens (primary N) is 1. The standard InChI is InChI=1S/C22H38N5O9PS/c1-11(2)34-18(29)13(5)25-37(38,26-14(6)19(30)35-12(3)4)33-10-15-17(28)22(7,32)20(36-15)27-9-8-16(23)24-21(27)31/h8-9,11-15,17,20,28,32H,10H2,1-7H3,(H2,23,24,31)(H2,25,26,38). The monoisotopic (exact) mass is 579 g/mol. The van der Waals surface area contributed by atoms with E-state index in [0.717, 1.165) is 4.57 Å². The average molecular weight is 580 g/mol. The predicted octanol–water partition coefficient (Wildman–Crippen LogP) is -0.0647. The SMILES string of the molecule is CC(C)OC(=O)C(C)NP(=S)(NC(C)C(=O)OC(C)C)OCC1OC(n2ccc(N)nc2=O)C(C)(O)C1O. The van der Waals surface area contributed by atoms with Gasteiger partial charge in [-0.3, -0.25) is 14.2 Å². The third-order valence-electron chi connectivity index (χ3n) is 5.42. The first kappa shape index (κ1) is 32.2. The molecule has 1 saturated heterocycles. The molecule has 2 heterocycles. The van der Waals surface area contributed by atoms with Crippen molar-refractivity contribution in [1.29, 1.82) is 0 Å². The van der Waals surface area contributed by atoms with E-state index in [1.807, 2.05) is 0 Å². The maximum Gasteiger partial charge on any atom is 0.351 e. The van der Waals surface area contributed by atoms with Crippen molar-refractivity contribution in [2.75, 3.05) is 12.3 Å². The summed E-state index contributed by atoms with van der Waals surface area (Å²) in [6.45, 7) is 7.36. The molecule has 6 N–H and O–H groups in total. The molecule has 0 aliphatic carbocycles. The van der Waals surface area contributed by atoms with Gasteiger partial charge in [-0.1, -0.05) is 0 Å². The van der Waals surface area contributed by atoms with Crippen LogP contribution < -0.4 is 21.6 Å². The van der Waals surface area contributed by atoms with Gasteiger partial charge in [0.25, 0.3) is 0 Å². The summed E-state index contributed by atoms with van der Waals surface area (Å²) in [6.07, 6.45) is -3.42. The summed E-state index contributed by atoms with van der Waals surface area (Å²) in [5, 5.41) is 27.5. The van der Waals surface area contributed by atoms with Crippen LogP contribution in [-0.4, -0.2) is 80.4 Å². The topological polar surface area (TPSA) is 196 Å². The van der Waals surface area contributed by atoms with Crippen molar-refractivity contribution in [3.05, 3.63) is 22.7 Å². The summed E-state index contributed by atoms with van der Waals surface area (Å²) >= 11 is 5.68. The lowest BCUT2D eigenvalue weighted by Crippen LogP contribution is -2.47. The van der Waals surface area contributed by atoms with Crippen LogP contribution >= 0.6 is 6.57 Å². The molecular formula is C22H38N5O9PS. The third-order valence-corrected chi connectivity index (χ3v) is 8.33. The van der Waals surface area contributed by atoms with Crippen molar-refractivity contribution >= 4 is 36.1 Å². The number of nitrogen functional groups attached to an aromatic ring is 1. The minimum Gasteiger partial charge on any atom is -0.462 e. The molecule has 0 spiro atoms. The average Bonchev–Trinajstić information content (AvgIpc) is 3.00. The van der Waals surface area contributed by atoms with E-state index in [0.29, 0.717) is 0 Å². The number of aliphatic hydroxyl groups is 2. The molecule has 38 heavy (non-hydrogen) atoms. The van der Waals surface area contributed by atoms with Gasteiger partial charge in [0.15, 0.2) is 12.8 Å². The van der Waals surface area contributed by atoms with E-state index in [-0.39, 0.29) is 24.6 Å². The molecule has 2 rings (SSSR count). The van der Waals surface area contributed by atoms with Crippen LogP contribution in [0.25, 0.3) is 0 Å². The molecule has 14 nitrogen and oxygen atoms in total. The first-order valence-corrected chi connectivity index (χ1v) is 14.8. The van der Waals surface area contributed by atoms with Gasteiger partial charge < -0.3 is 34.7 Å². The zero-order valence-corrected chi connectivity index (χ0v) is 24.2. The van der Waals surface area contributed by atoms with Crippen molar-refractivity contribution in [2.45, 2.75) is 96.8 Å². The molecule has 0 saturated carbocycles. The highest BCUT2D eigenvalue weighted by Gasteiger charge is 2.53. The zero-order valence-electron chi connectivity index (χ0n) is 22.5. The molecule has 16 heteroatoms. The number of aliphatic hydroxyl groups excluding tert-OH is 1. The second kappa shape index (κ2) is 12.9. The molecule has 1 aliphatic heterocycles. The van der Waals surface area contributed by atoms with Gasteiger partial charge in [-0.05, 0) is 66.3 Å². The summed E-state index contributed by atoms with van der Waals surface area (Å²) < 4.78 is 23.2. The van der Waals surface area contributed by atoms with E-state index in [1.165, 1.54) is 33.0 Å². The molecule has 0 radical (unpaired) electrons. The fraction of sp³-hybridized carbons (Fsp3) is 0.727. The molecule has 216 valence electrons. The van der Waals surface area contributed by atoms with Crippen LogP contribution in [0.5, 0.6) is 0 Å². The van der Waals surface area contributed by atoms with Crippen molar-refractivity contribution in [3.63, 3.8) is 0 Å². The van der Waals surface area contributed by atoms with E-state index in [1.54, 1.807) is 27.7 Å². The first-order chi connectivity index (χ1) is 17.5. The lowest BCUT2D eigenvalue weighted by Gasteiger charge is -2.31. The second-order valence-electron chi connectivity index (χ2n) is 9.76. The van der Waals surface area contributed by atoms with Crippen molar-refractivity contribution in [2.24, 2.45) is 0 Å². The second-order valence-corrected chi connectivity index (χ2v) is 13.2. The smallest absolute Gasteiger partial charge is 0.351 e. The Morgan fingerprint density at radius 1 is 1.18 bits per heavy atom. The summed E-state index contributed by atoms with van der Waals surface area (Å²) in [4.78, 5) is 40.8. The Labute approximate surface area is 226 Å². The number of aromatic nitrogens is 2. The maximum absolute atomic E-state index is 12.4. The Balaban J connectivity index is 2.25.